The van der Waals surface area contributed by atoms with Gasteiger partial charge in [-0.1, -0.05) is 29.8 Å². The Kier molecular flexibility index (Phi) is 5.73. The molecule has 0 unspecified atom stereocenters. The monoisotopic (exact) mass is 406 g/mol. The number of methoxy groups -OCH3 is 1. The van der Waals surface area contributed by atoms with Gasteiger partial charge in [-0.05, 0) is 35.4 Å². The fourth-order valence-electron chi connectivity index (χ4n) is 2.86. The molecule has 0 spiro atoms. The Bertz CT molecular complexity index is 1220. The number of anilines is 1. The number of nitrogens with two attached hydrogens (primary N) is 1. The summed E-state index contributed by atoms with van der Waals surface area (Å²) in [5.41, 5.74) is 6.33. The highest BCUT2D eigenvalue weighted by atomic mass is 35.5. The predicted octanol–water partition coefficient (Wildman–Crippen LogP) is 3.61. The fraction of sp³-hybridized carbons (Fsp3) is 0.0952. The van der Waals surface area contributed by atoms with E-state index in [0.717, 1.165) is 5.56 Å². The number of hydrogen-bond acceptors (Lipinski definition) is 6. The minimum atomic E-state index is -0.670. The lowest BCUT2D eigenvalue weighted by molar-refractivity contribution is 0.284. The maximum Gasteiger partial charge on any atom is 0.268 e. The van der Waals surface area contributed by atoms with E-state index < -0.39 is 5.56 Å². The van der Waals surface area contributed by atoms with Crippen LogP contribution < -0.4 is 20.8 Å². The third kappa shape index (κ3) is 4.01. The van der Waals surface area contributed by atoms with Crippen LogP contribution in [0.2, 0.25) is 5.02 Å². The van der Waals surface area contributed by atoms with Crippen LogP contribution in [0.15, 0.2) is 47.3 Å². The molecular weight excluding hydrogens is 392 g/mol. The highest BCUT2D eigenvalue weighted by Crippen LogP contribution is 2.36. The van der Waals surface area contributed by atoms with Crippen LogP contribution in [0.1, 0.15) is 16.7 Å². The molecule has 0 amide bonds. The topological polar surface area (TPSA) is 125 Å². The van der Waals surface area contributed by atoms with Gasteiger partial charge in [0.25, 0.3) is 5.56 Å². The van der Waals surface area contributed by atoms with Crippen molar-refractivity contribution in [3.8, 4) is 34.8 Å². The Labute approximate surface area is 171 Å². The van der Waals surface area contributed by atoms with Crippen molar-refractivity contribution in [1.29, 1.82) is 10.5 Å². The lowest BCUT2D eigenvalue weighted by Gasteiger charge is -2.14. The summed E-state index contributed by atoms with van der Waals surface area (Å²) in [6, 6.07) is 15.8. The van der Waals surface area contributed by atoms with Gasteiger partial charge in [-0.25, -0.2) is 0 Å². The second kappa shape index (κ2) is 8.39. The molecule has 0 aliphatic heterocycles. The van der Waals surface area contributed by atoms with Crippen LogP contribution in [0.3, 0.4) is 0 Å². The maximum absolute atomic E-state index is 12.1. The Morgan fingerprint density at radius 2 is 1.86 bits per heavy atom. The number of H-pyrrole nitrogens is 1. The largest absolute Gasteiger partial charge is 0.493 e. The zero-order valence-corrected chi connectivity index (χ0v) is 16.1. The van der Waals surface area contributed by atoms with Crippen molar-refractivity contribution in [2.24, 2.45) is 0 Å². The first-order valence-electron chi connectivity index (χ1n) is 8.40. The molecule has 1 aromatic heterocycles. The third-order valence-electron chi connectivity index (χ3n) is 4.20. The van der Waals surface area contributed by atoms with Gasteiger partial charge in [0, 0.05) is 10.6 Å². The van der Waals surface area contributed by atoms with Gasteiger partial charge in [-0.3, -0.25) is 4.79 Å². The molecule has 8 heteroatoms. The van der Waals surface area contributed by atoms with Crippen LogP contribution in [0, 0.1) is 22.7 Å². The molecule has 29 heavy (non-hydrogen) atoms. The molecule has 3 aromatic rings. The average molecular weight is 407 g/mol. The SMILES string of the molecule is COc1ccc(-c2c(C#N)c(N)[nH]c(=O)c2C#N)cc1OCc1cccc(Cl)c1. The molecule has 144 valence electrons. The number of halogens is 1. The molecular formula is C21H15ClN4O3. The number of benzene rings is 2. The highest BCUT2D eigenvalue weighted by Gasteiger charge is 2.19. The van der Waals surface area contributed by atoms with Crippen molar-refractivity contribution in [2.45, 2.75) is 6.61 Å². The first kappa shape index (κ1) is 19.8. The van der Waals surface area contributed by atoms with Crippen molar-refractivity contribution in [3.63, 3.8) is 0 Å². The number of nitriles is 2. The van der Waals surface area contributed by atoms with E-state index in [1.54, 1.807) is 30.3 Å². The first-order valence-corrected chi connectivity index (χ1v) is 8.78. The molecule has 0 fully saturated rings. The van der Waals surface area contributed by atoms with Crippen molar-refractivity contribution >= 4 is 17.4 Å². The fourth-order valence-corrected chi connectivity index (χ4v) is 3.08. The molecule has 0 saturated carbocycles. The van der Waals surface area contributed by atoms with E-state index in [-0.39, 0.29) is 29.1 Å². The molecule has 0 aliphatic carbocycles. The molecule has 3 N–H and O–H groups in total. The minimum absolute atomic E-state index is 0.00658. The van der Waals surface area contributed by atoms with Gasteiger partial charge in [0.15, 0.2) is 11.5 Å². The third-order valence-corrected chi connectivity index (χ3v) is 4.44. The van der Waals surface area contributed by atoms with Crippen LogP contribution in [0.5, 0.6) is 11.5 Å². The van der Waals surface area contributed by atoms with E-state index in [1.165, 1.54) is 7.11 Å². The molecule has 0 atom stereocenters. The molecule has 0 saturated heterocycles. The van der Waals surface area contributed by atoms with Crippen molar-refractivity contribution in [3.05, 3.63) is 74.5 Å². The summed E-state index contributed by atoms with van der Waals surface area (Å²) < 4.78 is 11.2. The van der Waals surface area contributed by atoms with E-state index in [1.807, 2.05) is 24.3 Å². The average Bonchev–Trinajstić information content (AvgIpc) is 2.71. The van der Waals surface area contributed by atoms with Gasteiger partial charge in [0.05, 0.1) is 7.11 Å². The first-order chi connectivity index (χ1) is 14.0. The van der Waals surface area contributed by atoms with Gasteiger partial charge in [0.2, 0.25) is 0 Å². The molecule has 3 rings (SSSR count). The van der Waals surface area contributed by atoms with E-state index in [0.29, 0.717) is 22.1 Å². The molecule has 0 aliphatic rings. The van der Waals surface area contributed by atoms with Gasteiger partial charge in [-0.2, -0.15) is 10.5 Å². The smallest absolute Gasteiger partial charge is 0.268 e. The molecule has 2 aromatic carbocycles. The van der Waals surface area contributed by atoms with Crippen LogP contribution in [-0.4, -0.2) is 12.1 Å². The van der Waals surface area contributed by atoms with Crippen molar-refractivity contribution in [1.82, 2.24) is 4.98 Å². The second-order valence-corrected chi connectivity index (χ2v) is 6.44. The highest BCUT2D eigenvalue weighted by molar-refractivity contribution is 6.30. The van der Waals surface area contributed by atoms with Crippen LogP contribution in [0.25, 0.3) is 11.1 Å². The second-order valence-electron chi connectivity index (χ2n) is 6.00. The van der Waals surface area contributed by atoms with E-state index >= 15 is 0 Å². The number of hydrogen-bond donors (Lipinski definition) is 2. The number of aromatic amines is 1. The molecule has 1 heterocycles. The number of nitrogens with one attached hydrogen (secondary N) is 1. The van der Waals surface area contributed by atoms with E-state index in [2.05, 4.69) is 4.98 Å². The molecule has 7 nitrogen and oxygen atoms in total. The number of ether oxygens (including phenoxy) is 2. The van der Waals surface area contributed by atoms with Crippen molar-refractivity contribution < 1.29 is 9.47 Å². The van der Waals surface area contributed by atoms with Crippen molar-refractivity contribution in [2.75, 3.05) is 12.8 Å². The van der Waals surface area contributed by atoms with Crippen LogP contribution in [-0.2, 0) is 6.61 Å². The number of rotatable bonds is 5. The van der Waals surface area contributed by atoms with Gasteiger partial charge in [0.1, 0.15) is 35.7 Å². The number of nitrogens with zero attached hydrogens (tertiary/aromatic N) is 2. The van der Waals surface area contributed by atoms with Crippen LogP contribution in [0.4, 0.5) is 5.82 Å². The quantitative estimate of drug-likeness (QED) is 0.666. The summed E-state index contributed by atoms with van der Waals surface area (Å²) in [7, 11) is 1.49. The summed E-state index contributed by atoms with van der Waals surface area (Å²) in [5.74, 6) is 0.714. The summed E-state index contributed by atoms with van der Waals surface area (Å²) in [5, 5.41) is 19.5. The van der Waals surface area contributed by atoms with Gasteiger partial charge >= 0.3 is 0 Å². The maximum atomic E-state index is 12.1. The van der Waals surface area contributed by atoms with E-state index in [9.17, 15) is 15.3 Å². The Morgan fingerprint density at radius 3 is 2.52 bits per heavy atom. The number of nitrogen functional groups attached to an aromatic ring is 1. The minimum Gasteiger partial charge on any atom is -0.493 e. The zero-order valence-electron chi connectivity index (χ0n) is 15.3. The Balaban J connectivity index is 2.10. The molecule has 0 radical (unpaired) electrons. The normalized spacial score (nSPS) is 10.1. The summed E-state index contributed by atoms with van der Waals surface area (Å²) >= 11 is 6.00. The number of aromatic nitrogens is 1. The summed E-state index contributed by atoms with van der Waals surface area (Å²) in [4.78, 5) is 14.5. The predicted molar refractivity (Wildman–Crippen MR) is 109 cm³/mol. The Hall–Kier alpha value is -3.94. The summed E-state index contributed by atoms with van der Waals surface area (Å²) in [6.07, 6.45) is 0. The lowest BCUT2D eigenvalue weighted by atomic mass is 9.96. The number of pyridine rings is 1. The molecule has 0 bridgehead atoms. The lowest BCUT2D eigenvalue weighted by Crippen LogP contribution is -2.16. The van der Waals surface area contributed by atoms with E-state index in [4.69, 9.17) is 26.8 Å². The van der Waals surface area contributed by atoms with Gasteiger partial charge in [-0.15, -0.1) is 0 Å². The van der Waals surface area contributed by atoms with Crippen LogP contribution >= 0.6 is 11.6 Å². The summed E-state index contributed by atoms with van der Waals surface area (Å²) in [6.45, 7) is 0.216. The zero-order chi connectivity index (χ0) is 21.0. The Morgan fingerprint density at radius 1 is 1.10 bits per heavy atom. The standard InChI is InChI=1S/C21H15ClN4O3/c1-28-17-6-5-13(8-18(17)29-11-12-3-2-4-14(22)7-12)19-15(9-23)20(25)26-21(27)16(19)10-24/h2-8H,11H2,1H3,(H3,25,26,27). The van der Waals surface area contributed by atoms with Gasteiger partial charge < -0.3 is 20.2 Å².